The largest absolute Gasteiger partial charge is 0.389 e. The van der Waals surface area contributed by atoms with Crippen LogP contribution in [0.5, 0.6) is 0 Å². The van der Waals surface area contributed by atoms with E-state index in [1.54, 1.807) is 0 Å². The first-order valence-electron chi connectivity index (χ1n) is 7.19. The monoisotopic (exact) mass is 262 g/mol. The van der Waals surface area contributed by atoms with Gasteiger partial charge in [-0.05, 0) is 52.7 Å². The number of hydrogen-bond acceptors (Lipinski definition) is 3. The minimum Gasteiger partial charge on any atom is -0.389 e. The summed E-state index contributed by atoms with van der Waals surface area (Å²) < 4.78 is 0. The third-order valence-corrected chi connectivity index (χ3v) is 4.10. The lowest BCUT2D eigenvalue weighted by molar-refractivity contribution is -0.0416. The first-order valence-corrected chi connectivity index (χ1v) is 7.19. The predicted octanol–water partition coefficient (Wildman–Crippen LogP) is 2.56. The number of pyridine rings is 1. The van der Waals surface area contributed by atoms with Gasteiger partial charge >= 0.3 is 0 Å². The van der Waals surface area contributed by atoms with Crippen LogP contribution in [-0.4, -0.2) is 39.2 Å². The van der Waals surface area contributed by atoms with Crippen LogP contribution in [0, 0.1) is 6.92 Å². The summed E-state index contributed by atoms with van der Waals surface area (Å²) in [5.41, 5.74) is 1.64. The minimum atomic E-state index is -0.581. The Morgan fingerprint density at radius 3 is 2.42 bits per heavy atom. The van der Waals surface area contributed by atoms with Crippen LogP contribution in [0.2, 0.25) is 0 Å². The van der Waals surface area contributed by atoms with Gasteiger partial charge in [-0.25, -0.2) is 0 Å². The van der Waals surface area contributed by atoms with Gasteiger partial charge < -0.3 is 5.11 Å². The summed E-state index contributed by atoms with van der Waals surface area (Å²) in [4.78, 5) is 6.96. The normalized spacial score (nSPS) is 20.5. The second kappa shape index (κ2) is 5.22. The fourth-order valence-electron chi connectivity index (χ4n) is 2.81. The van der Waals surface area contributed by atoms with E-state index in [0.717, 1.165) is 37.3 Å². The van der Waals surface area contributed by atoms with E-state index >= 15 is 0 Å². The Balaban J connectivity index is 1.99. The van der Waals surface area contributed by atoms with Crippen molar-refractivity contribution in [3.8, 4) is 0 Å². The van der Waals surface area contributed by atoms with Crippen LogP contribution in [0.1, 0.15) is 45.0 Å². The van der Waals surface area contributed by atoms with Crippen LogP contribution in [0.15, 0.2) is 18.2 Å². The molecule has 2 heterocycles. The molecule has 106 valence electrons. The zero-order valence-electron chi connectivity index (χ0n) is 12.6. The maximum Gasteiger partial charge on any atom is 0.0727 e. The average molecular weight is 262 g/mol. The number of piperidine rings is 1. The van der Waals surface area contributed by atoms with Crippen molar-refractivity contribution < 1.29 is 5.11 Å². The molecule has 0 amide bonds. The molecule has 1 fully saturated rings. The summed E-state index contributed by atoms with van der Waals surface area (Å²) in [6.07, 6.45) is 2.34. The summed E-state index contributed by atoms with van der Waals surface area (Å²) in [5.74, 6) is 0. The van der Waals surface area contributed by atoms with Crippen molar-refractivity contribution >= 4 is 0 Å². The molecule has 19 heavy (non-hydrogen) atoms. The molecule has 1 aliphatic heterocycles. The number of hydrogen-bond donors (Lipinski definition) is 1. The number of aryl methyl sites for hydroxylation is 1. The Bertz CT molecular complexity index is 429. The maximum atomic E-state index is 10.7. The van der Waals surface area contributed by atoms with E-state index in [1.807, 2.05) is 25.1 Å². The van der Waals surface area contributed by atoms with E-state index in [4.69, 9.17) is 0 Å². The van der Waals surface area contributed by atoms with Crippen LogP contribution in [0.3, 0.4) is 0 Å². The molecule has 2 rings (SSSR count). The van der Waals surface area contributed by atoms with Gasteiger partial charge in [0.1, 0.15) is 0 Å². The minimum absolute atomic E-state index is 0.197. The second-order valence-corrected chi connectivity index (χ2v) is 6.83. The highest BCUT2D eigenvalue weighted by Crippen LogP contribution is 2.29. The van der Waals surface area contributed by atoms with E-state index in [-0.39, 0.29) is 5.54 Å². The molecular weight excluding hydrogens is 236 g/mol. The number of aliphatic hydroxyl groups is 1. The highest BCUT2D eigenvalue weighted by atomic mass is 16.3. The molecule has 1 saturated heterocycles. The van der Waals surface area contributed by atoms with Crippen LogP contribution < -0.4 is 0 Å². The molecule has 0 spiro atoms. The van der Waals surface area contributed by atoms with Gasteiger partial charge in [-0.1, -0.05) is 6.07 Å². The molecule has 3 heteroatoms. The smallest absolute Gasteiger partial charge is 0.0727 e. The summed E-state index contributed by atoms with van der Waals surface area (Å²) in [6.45, 7) is 10.6. The van der Waals surface area contributed by atoms with Crippen LogP contribution in [0.4, 0.5) is 0 Å². The van der Waals surface area contributed by atoms with E-state index in [0.29, 0.717) is 6.42 Å². The van der Waals surface area contributed by atoms with Gasteiger partial charge in [-0.2, -0.15) is 0 Å². The van der Waals surface area contributed by atoms with E-state index in [2.05, 4.69) is 30.7 Å². The molecule has 0 saturated carbocycles. The zero-order valence-corrected chi connectivity index (χ0v) is 12.6. The van der Waals surface area contributed by atoms with Crippen molar-refractivity contribution in [2.45, 2.75) is 58.1 Å². The van der Waals surface area contributed by atoms with Crippen LogP contribution in [-0.2, 0) is 6.42 Å². The summed E-state index contributed by atoms with van der Waals surface area (Å²) in [6, 6.07) is 6.03. The number of rotatable bonds is 2. The van der Waals surface area contributed by atoms with Gasteiger partial charge in [0.25, 0.3) is 0 Å². The van der Waals surface area contributed by atoms with E-state index in [1.165, 1.54) is 0 Å². The van der Waals surface area contributed by atoms with Crippen molar-refractivity contribution in [3.05, 3.63) is 29.6 Å². The van der Waals surface area contributed by atoms with E-state index < -0.39 is 5.60 Å². The molecule has 0 unspecified atom stereocenters. The van der Waals surface area contributed by atoms with Gasteiger partial charge in [0, 0.05) is 36.4 Å². The number of aromatic nitrogens is 1. The third-order valence-electron chi connectivity index (χ3n) is 4.10. The molecule has 1 aromatic rings. The molecule has 1 aliphatic rings. The van der Waals surface area contributed by atoms with E-state index in [9.17, 15) is 5.11 Å². The van der Waals surface area contributed by atoms with Crippen molar-refractivity contribution in [3.63, 3.8) is 0 Å². The van der Waals surface area contributed by atoms with Crippen LogP contribution >= 0.6 is 0 Å². The molecular formula is C16H26N2O. The van der Waals surface area contributed by atoms with Crippen molar-refractivity contribution in [2.75, 3.05) is 13.1 Å². The Labute approximate surface area is 116 Å². The van der Waals surface area contributed by atoms with Crippen LogP contribution in [0.25, 0.3) is 0 Å². The summed E-state index contributed by atoms with van der Waals surface area (Å²) >= 11 is 0. The third kappa shape index (κ3) is 3.77. The summed E-state index contributed by atoms with van der Waals surface area (Å²) in [7, 11) is 0. The molecule has 0 atom stereocenters. The number of nitrogens with zero attached hydrogens (tertiary/aromatic N) is 2. The maximum absolute atomic E-state index is 10.7. The summed E-state index contributed by atoms with van der Waals surface area (Å²) in [5, 5.41) is 10.7. The Morgan fingerprint density at radius 2 is 1.89 bits per heavy atom. The van der Waals surface area contributed by atoms with Crippen molar-refractivity contribution in [2.24, 2.45) is 0 Å². The van der Waals surface area contributed by atoms with Gasteiger partial charge in [-0.15, -0.1) is 0 Å². The van der Waals surface area contributed by atoms with Gasteiger partial charge in [0.15, 0.2) is 0 Å². The molecule has 0 aliphatic carbocycles. The SMILES string of the molecule is Cc1cccc(CC2(O)CCN(C(C)(C)C)CC2)n1. The quantitative estimate of drug-likeness (QED) is 0.890. The predicted molar refractivity (Wildman–Crippen MR) is 78.2 cm³/mol. The lowest BCUT2D eigenvalue weighted by Crippen LogP contribution is -2.52. The van der Waals surface area contributed by atoms with Gasteiger partial charge in [0.2, 0.25) is 0 Å². The fraction of sp³-hybridized carbons (Fsp3) is 0.688. The molecule has 3 nitrogen and oxygen atoms in total. The lowest BCUT2D eigenvalue weighted by atomic mass is 9.85. The molecule has 0 bridgehead atoms. The standard InChI is InChI=1S/C16H26N2O/c1-13-6-5-7-14(17-13)12-16(19)8-10-18(11-9-16)15(2,3)4/h5-7,19H,8-12H2,1-4H3. The second-order valence-electron chi connectivity index (χ2n) is 6.83. The Kier molecular flexibility index (Phi) is 3.98. The number of likely N-dealkylation sites (tertiary alicyclic amines) is 1. The van der Waals surface area contributed by atoms with Crippen molar-refractivity contribution in [1.29, 1.82) is 0 Å². The Hall–Kier alpha value is -0.930. The molecule has 0 aromatic carbocycles. The average Bonchev–Trinajstić information content (AvgIpc) is 2.27. The topological polar surface area (TPSA) is 36.4 Å². The first kappa shape index (κ1) is 14.5. The first-order chi connectivity index (χ1) is 8.78. The molecule has 1 aromatic heterocycles. The zero-order chi connectivity index (χ0) is 14.1. The Morgan fingerprint density at radius 1 is 1.26 bits per heavy atom. The van der Waals surface area contributed by atoms with Crippen molar-refractivity contribution in [1.82, 2.24) is 9.88 Å². The van der Waals surface area contributed by atoms with Gasteiger partial charge in [0.05, 0.1) is 5.60 Å². The van der Waals surface area contributed by atoms with Gasteiger partial charge in [-0.3, -0.25) is 9.88 Å². The highest BCUT2D eigenvalue weighted by molar-refractivity contribution is 5.12. The molecule has 0 radical (unpaired) electrons. The fourth-order valence-corrected chi connectivity index (χ4v) is 2.81. The highest BCUT2D eigenvalue weighted by Gasteiger charge is 2.35. The lowest BCUT2D eigenvalue weighted by Gasteiger charge is -2.44. The molecule has 1 N–H and O–H groups in total.